The van der Waals surface area contributed by atoms with E-state index in [1.165, 1.54) is 30.2 Å². The number of rotatable bonds is 6. The highest BCUT2D eigenvalue weighted by atomic mass is 32.2. The average Bonchev–Trinajstić information content (AvgIpc) is 3.15. The molecule has 2 N–H and O–H groups in total. The third-order valence-electron chi connectivity index (χ3n) is 4.08. The first-order chi connectivity index (χ1) is 12.3. The van der Waals surface area contributed by atoms with Crippen LogP contribution >= 0.6 is 11.8 Å². The Balaban J connectivity index is 1.47. The number of ether oxygens (including phenoxy) is 1. The van der Waals surface area contributed by atoms with E-state index in [0.29, 0.717) is 11.3 Å². The topological polar surface area (TPSA) is 60.0 Å². The van der Waals surface area contributed by atoms with Gasteiger partial charge in [-0.3, -0.25) is 0 Å². The van der Waals surface area contributed by atoms with Crippen LogP contribution in [0.25, 0.3) is 0 Å². The van der Waals surface area contributed by atoms with Gasteiger partial charge in [0.2, 0.25) is 0 Å². The molecule has 1 aliphatic rings. The molecule has 1 fully saturated rings. The average molecular weight is 353 g/mol. The van der Waals surface area contributed by atoms with Gasteiger partial charge >= 0.3 is 0 Å². The van der Waals surface area contributed by atoms with Crippen molar-refractivity contribution < 1.29 is 4.74 Å². The van der Waals surface area contributed by atoms with Crippen LogP contribution in [0.1, 0.15) is 36.8 Å². The molecule has 0 bridgehead atoms. The minimum atomic E-state index is 0.380. The van der Waals surface area contributed by atoms with Crippen LogP contribution in [0.4, 0.5) is 0 Å². The molecule has 25 heavy (non-hydrogen) atoms. The van der Waals surface area contributed by atoms with Gasteiger partial charge in [-0.2, -0.15) is 5.10 Å². The number of thioether (sulfide) groups is 1. The molecule has 5 heteroatoms. The summed E-state index contributed by atoms with van der Waals surface area (Å²) in [5.74, 6) is 1.71. The third kappa shape index (κ3) is 5.94. The number of hydrogen-bond donors (Lipinski definition) is 1. The van der Waals surface area contributed by atoms with Crippen molar-refractivity contribution >= 4 is 23.1 Å². The van der Waals surface area contributed by atoms with Gasteiger partial charge in [0.15, 0.2) is 5.17 Å². The molecule has 0 aliphatic heterocycles. The number of nitrogens with zero attached hydrogens (tertiary/aromatic N) is 2. The lowest BCUT2D eigenvalue weighted by molar-refractivity contribution is 0.210. The van der Waals surface area contributed by atoms with Gasteiger partial charge in [-0.05, 0) is 61.1 Å². The van der Waals surface area contributed by atoms with Gasteiger partial charge in [-0.15, -0.1) is 5.10 Å². The summed E-state index contributed by atoms with van der Waals surface area (Å²) in [6.07, 6.45) is 6.96. The maximum absolute atomic E-state index is 5.95. The Morgan fingerprint density at radius 3 is 2.52 bits per heavy atom. The Kier molecular flexibility index (Phi) is 6.51. The zero-order valence-corrected chi connectivity index (χ0v) is 15.0. The lowest BCUT2D eigenvalue weighted by Gasteiger charge is -2.12. The fraction of sp³-hybridized carbons (Fsp3) is 0.300. The van der Waals surface area contributed by atoms with Crippen molar-refractivity contribution in [3.63, 3.8) is 0 Å². The normalized spacial score (nSPS) is 15.8. The summed E-state index contributed by atoms with van der Waals surface area (Å²) >= 11 is 1.48. The van der Waals surface area contributed by atoms with Crippen LogP contribution in [-0.4, -0.2) is 17.5 Å². The first-order valence-electron chi connectivity index (χ1n) is 8.59. The van der Waals surface area contributed by atoms with E-state index in [1.807, 2.05) is 42.5 Å². The highest BCUT2D eigenvalue weighted by Gasteiger charge is 2.16. The highest BCUT2D eigenvalue weighted by molar-refractivity contribution is 8.13. The van der Waals surface area contributed by atoms with Gasteiger partial charge in [-0.1, -0.05) is 42.1 Å². The van der Waals surface area contributed by atoms with Crippen molar-refractivity contribution in [3.8, 4) is 5.75 Å². The predicted molar refractivity (Wildman–Crippen MR) is 106 cm³/mol. The van der Waals surface area contributed by atoms with Gasteiger partial charge in [-0.25, -0.2) is 0 Å². The summed E-state index contributed by atoms with van der Waals surface area (Å²) < 4.78 is 5.95. The number of hydrogen-bond acceptors (Lipinski definition) is 4. The molecule has 0 atom stereocenters. The minimum Gasteiger partial charge on any atom is -0.490 e. The molecule has 0 spiro atoms. The second-order valence-corrected chi connectivity index (χ2v) is 7.05. The molecule has 130 valence electrons. The molecule has 0 amide bonds. The van der Waals surface area contributed by atoms with Crippen LogP contribution < -0.4 is 10.5 Å². The quantitative estimate of drug-likeness (QED) is 0.469. The standard InChI is InChI=1S/C20H23N3OS/c21-20(25-15-17-6-2-1-3-7-17)23-22-14-16-10-12-19(13-11-16)24-18-8-4-5-9-18/h1-3,6-7,10-14,18H,4-5,8-9,15H2,(H2,21,23). The van der Waals surface area contributed by atoms with E-state index in [2.05, 4.69) is 22.3 Å². The number of benzene rings is 2. The second kappa shape index (κ2) is 9.28. The minimum absolute atomic E-state index is 0.380. The van der Waals surface area contributed by atoms with Crippen LogP contribution in [-0.2, 0) is 5.75 Å². The molecule has 0 saturated heterocycles. The smallest absolute Gasteiger partial charge is 0.180 e. The van der Waals surface area contributed by atoms with Crippen molar-refractivity contribution in [1.82, 2.24) is 0 Å². The number of amidine groups is 1. The van der Waals surface area contributed by atoms with E-state index in [1.54, 1.807) is 6.21 Å². The molecular formula is C20H23N3OS. The van der Waals surface area contributed by atoms with E-state index in [4.69, 9.17) is 10.5 Å². The largest absolute Gasteiger partial charge is 0.490 e. The van der Waals surface area contributed by atoms with Gasteiger partial charge in [0, 0.05) is 5.75 Å². The molecule has 1 aliphatic carbocycles. The van der Waals surface area contributed by atoms with Crippen molar-refractivity contribution in [2.24, 2.45) is 15.9 Å². The second-order valence-electron chi connectivity index (χ2n) is 6.05. The summed E-state index contributed by atoms with van der Waals surface area (Å²) in [7, 11) is 0. The maximum Gasteiger partial charge on any atom is 0.180 e. The molecule has 4 nitrogen and oxygen atoms in total. The predicted octanol–water partition coefficient (Wildman–Crippen LogP) is 4.59. The van der Waals surface area contributed by atoms with E-state index >= 15 is 0 Å². The van der Waals surface area contributed by atoms with E-state index in [0.717, 1.165) is 29.9 Å². The first kappa shape index (κ1) is 17.5. The van der Waals surface area contributed by atoms with Gasteiger partial charge < -0.3 is 10.5 Å². The highest BCUT2D eigenvalue weighted by Crippen LogP contribution is 2.24. The van der Waals surface area contributed by atoms with Crippen molar-refractivity contribution in [1.29, 1.82) is 0 Å². The van der Waals surface area contributed by atoms with Crippen LogP contribution in [0.5, 0.6) is 5.75 Å². The van der Waals surface area contributed by atoms with Gasteiger partial charge in [0.25, 0.3) is 0 Å². The maximum atomic E-state index is 5.95. The lowest BCUT2D eigenvalue weighted by Crippen LogP contribution is -2.10. The summed E-state index contributed by atoms with van der Waals surface area (Å²) in [5, 5.41) is 8.56. The van der Waals surface area contributed by atoms with Crippen LogP contribution in [0, 0.1) is 0 Å². The van der Waals surface area contributed by atoms with Gasteiger partial charge in [0.1, 0.15) is 5.75 Å². The summed E-state index contributed by atoms with van der Waals surface area (Å²) in [4.78, 5) is 0. The Bertz CT molecular complexity index is 707. The zero-order chi connectivity index (χ0) is 17.3. The van der Waals surface area contributed by atoms with Gasteiger partial charge in [0.05, 0.1) is 12.3 Å². The first-order valence-corrected chi connectivity index (χ1v) is 9.58. The van der Waals surface area contributed by atoms with Crippen molar-refractivity contribution in [3.05, 3.63) is 65.7 Å². The molecule has 0 heterocycles. The third-order valence-corrected chi connectivity index (χ3v) is 4.93. The SMILES string of the molecule is NC(=NN=Cc1ccc(OC2CCCC2)cc1)SCc1ccccc1. The molecular weight excluding hydrogens is 330 g/mol. The Morgan fingerprint density at radius 2 is 1.80 bits per heavy atom. The van der Waals surface area contributed by atoms with E-state index < -0.39 is 0 Å². The van der Waals surface area contributed by atoms with Crippen LogP contribution in [0.3, 0.4) is 0 Å². The van der Waals surface area contributed by atoms with Crippen LogP contribution in [0.15, 0.2) is 64.8 Å². The fourth-order valence-corrected chi connectivity index (χ4v) is 3.36. The molecule has 3 rings (SSSR count). The fourth-order valence-electron chi connectivity index (χ4n) is 2.74. The van der Waals surface area contributed by atoms with Crippen LogP contribution in [0.2, 0.25) is 0 Å². The van der Waals surface area contributed by atoms with E-state index in [9.17, 15) is 0 Å². The molecule has 1 saturated carbocycles. The molecule has 0 unspecified atom stereocenters. The summed E-state index contributed by atoms with van der Waals surface area (Å²) in [6, 6.07) is 18.1. The molecule has 0 aromatic heterocycles. The number of nitrogens with two attached hydrogens (primary N) is 1. The Labute approximate surface area is 153 Å². The van der Waals surface area contributed by atoms with Crippen molar-refractivity contribution in [2.75, 3.05) is 0 Å². The molecule has 2 aromatic rings. The van der Waals surface area contributed by atoms with E-state index in [-0.39, 0.29) is 0 Å². The monoisotopic (exact) mass is 353 g/mol. The lowest BCUT2D eigenvalue weighted by atomic mass is 10.2. The molecule has 2 aromatic carbocycles. The molecule has 0 radical (unpaired) electrons. The summed E-state index contributed by atoms with van der Waals surface area (Å²) in [5.41, 5.74) is 8.07. The Hall–Kier alpha value is -2.27. The zero-order valence-electron chi connectivity index (χ0n) is 14.2. The summed E-state index contributed by atoms with van der Waals surface area (Å²) in [6.45, 7) is 0. The van der Waals surface area contributed by atoms with Crippen molar-refractivity contribution in [2.45, 2.75) is 37.5 Å². The Morgan fingerprint density at radius 1 is 1.08 bits per heavy atom.